The van der Waals surface area contributed by atoms with Gasteiger partial charge in [-0.1, -0.05) is 18.2 Å². The number of benzene rings is 1. The number of hydrogen-bond acceptors (Lipinski definition) is 2. The first-order chi connectivity index (χ1) is 10.2. The summed E-state index contributed by atoms with van der Waals surface area (Å²) >= 11 is 0. The van der Waals surface area contributed by atoms with Crippen molar-refractivity contribution in [1.29, 1.82) is 0 Å². The van der Waals surface area contributed by atoms with Crippen LogP contribution in [0.25, 0.3) is 10.9 Å². The van der Waals surface area contributed by atoms with Gasteiger partial charge in [-0.15, -0.1) is 0 Å². The van der Waals surface area contributed by atoms with E-state index in [0.29, 0.717) is 13.0 Å². The van der Waals surface area contributed by atoms with Crippen molar-refractivity contribution < 1.29 is 14.7 Å². The average Bonchev–Trinajstić information content (AvgIpc) is 3.19. The molecule has 21 heavy (non-hydrogen) atoms. The number of aliphatic carboxylic acids is 1. The highest BCUT2D eigenvalue weighted by Gasteiger charge is 2.48. The molecule has 2 atom stereocenters. The maximum absolute atomic E-state index is 11.7. The third-order valence-corrected chi connectivity index (χ3v) is 4.04. The van der Waals surface area contributed by atoms with Crippen LogP contribution in [0.15, 0.2) is 30.5 Å². The number of aromatic nitrogens is 1. The average molecular weight is 286 g/mol. The minimum Gasteiger partial charge on any atom is -0.481 e. The topological polar surface area (TPSA) is 82.2 Å². The molecule has 3 N–H and O–H groups in total. The molecule has 0 unspecified atom stereocenters. The Kier molecular flexibility index (Phi) is 3.64. The molecule has 0 spiro atoms. The summed E-state index contributed by atoms with van der Waals surface area (Å²) in [7, 11) is 0. The van der Waals surface area contributed by atoms with Crippen molar-refractivity contribution in [3.8, 4) is 0 Å². The fourth-order valence-corrected chi connectivity index (χ4v) is 2.72. The molecule has 5 heteroatoms. The van der Waals surface area contributed by atoms with Gasteiger partial charge in [-0.25, -0.2) is 0 Å². The maximum Gasteiger partial charge on any atom is 0.307 e. The van der Waals surface area contributed by atoms with E-state index >= 15 is 0 Å². The summed E-state index contributed by atoms with van der Waals surface area (Å²) in [6.07, 6.45) is 4.22. The Balaban J connectivity index is 1.45. The number of H-pyrrole nitrogens is 1. The Morgan fingerprint density at radius 1 is 1.29 bits per heavy atom. The second kappa shape index (κ2) is 5.60. The Morgan fingerprint density at radius 2 is 2.10 bits per heavy atom. The predicted molar refractivity (Wildman–Crippen MR) is 78.9 cm³/mol. The smallest absolute Gasteiger partial charge is 0.307 e. The molecule has 2 aromatic rings. The van der Waals surface area contributed by atoms with Crippen molar-refractivity contribution in [2.24, 2.45) is 11.8 Å². The molecule has 110 valence electrons. The van der Waals surface area contributed by atoms with Crippen LogP contribution in [0, 0.1) is 11.8 Å². The maximum atomic E-state index is 11.7. The van der Waals surface area contributed by atoms with Gasteiger partial charge in [0.25, 0.3) is 0 Å². The molecule has 5 nitrogen and oxygen atoms in total. The SMILES string of the molecule is O=C(NCCCc1c[nH]c2ccccc12)[C@H]1C[C@H]1C(=O)O. The molecule has 0 aliphatic heterocycles. The van der Waals surface area contributed by atoms with E-state index in [1.807, 2.05) is 24.4 Å². The lowest BCUT2D eigenvalue weighted by atomic mass is 10.1. The molecule has 1 aromatic heterocycles. The summed E-state index contributed by atoms with van der Waals surface area (Å²) in [5.41, 5.74) is 2.37. The van der Waals surface area contributed by atoms with Gasteiger partial charge < -0.3 is 15.4 Å². The van der Waals surface area contributed by atoms with Gasteiger partial charge in [-0.3, -0.25) is 9.59 Å². The third kappa shape index (κ3) is 2.91. The highest BCUT2D eigenvalue weighted by molar-refractivity contribution is 5.89. The first kappa shape index (κ1) is 13.7. The van der Waals surface area contributed by atoms with Crippen LogP contribution >= 0.6 is 0 Å². The van der Waals surface area contributed by atoms with E-state index in [2.05, 4.69) is 16.4 Å². The predicted octanol–water partition coefficient (Wildman–Crippen LogP) is 1.94. The van der Waals surface area contributed by atoms with Crippen LogP contribution < -0.4 is 5.32 Å². The van der Waals surface area contributed by atoms with Gasteiger partial charge >= 0.3 is 5.97 Å². The lowest BCUT2D eigenvalue weighted by Gasteiger charge is -2.04. The van der Waals surface area contributed by atoms with Crippen molar-refractivity contribution in [1.82, 2.24) is 10.3 Å². The van der Waals surface area contributed by atoms with Crippen molar-refractivity contribution >= 4 is 22.8 Å². The quantitative estimate of drug-likeness (QED) is 0.710. The minimum atomic E-state index is -0.867. The summed E-state index contributed by atoms with van der Waals surface area (Å²) in [4.78, 5) is 25.6. The number of fused-ring (bicyclic) bond motifs is 1. The van der Waals surface area contributed by atoms with Crippen LogP contribution in [0.3, 0.4) is 0 Å². The standard InChI is InChI=1S/C16H18N2O3/c19-15(12-8-13(12)16(20)21)17-7-3-4-10-9-18-14-6-2-1-5-11(10)14/h1-2,5-6,9,12-13,18H,3-4,7-8H2,(H,17,19)(H,20,21)/t12-,13+/m0/s1. The largest absolute Gasteiger partial charge is 0.481 e. The van der Waals surface area contributed by atoms with Crippen LogP contribution in [0.2, 0.25) is 0 Å². The lowest BCUT2D eigenvalue weighted by Crippen LogP contribution is -2.27. The number of carboxylic acid groups (broad SMARTS) is 1. The van der Waals surface area contributed by atoms with Gasteiger partial charge in [-0.05, 0) is 30.9 Å². The van der Waals surface area contributed by atoms with Crippen LogP contribution in [0.1, 0.15) is 18.4 Å². The van der Waals surface area contributed by atoms with Crippen molar-refractivity contribution in [2.75, 3.05) is 6.54 Å². The second-order valence-electron chi connectivity index (χ2n) is 5.54. The number of nitrogens with one attached hydrogen (secondary N) is 2. The van der Waals surface area contributed by atoms with E-state index in [0.717, 1.165) is 18.4 Å². The monoisotopic (exact) mass is 286 g/mol. The van der Waals surface area contributed by atoms with Gasteiger partial charge in [0, 0.05) is 23.6 Å². The number of amides is 1. The third-order valence-electron chi connectivity index (χ3n) is 4.04. The number of carbonyl (C=O) groups is 2. The van der Waals surface area contributed by atoms with Gasteiger partial charge in [0.1, 0.15) is 0 Å². The molecular formula is C16H18N2O3. The zero-order chi connectivity index (χ0) is 14.8. The Hall–Kier alpha value is -2.30. The number of aromatic amines is 1. The minimum absolute atomic E-state index is 0.124. The molecule has 0 saturated heterocycles. The summed E-state index contributed by atoms with van der Waals surface area (Å²) < 4.78 is 0. The van der Waals surface area contributed by atoms with E-state index in [9.17, 15) is 9.59 Å². The van der Waals surface area contributed by atoms with Gasteiger partial charge in [-0.2, -0.15) is 0 Å². The summed E-state index contributed by atoms with van der Waals surface area (Å²) in [6.45, 7) is 0.585. The summed E-state index contributed by atoms with van der Waals surface area (Å²) in [5.74, 6) is -1.79. The highest BCUT2D eigenvalue weighted by atomic mass is 16.4. The van der Waals surface area contributed by atoms with Gasteiger partial charge in [0.05, 0.1) is 11.8 Å². The first-order valence-electron chi connectivity index (χ1n) is 7.22. The molecular weight excluding hydrogens is 268 g/mol. The zero-order valence-corrected chi connectivity index (χ0v) is 11.6. The number of carboxylic acids is 1. The van der Waals surface area contributed by atoms with E-state index in [-0.39, 0.29) is 11.8 Å². The van der Waals surface area contributed by atoms with E-state index in [1.165, 1.54) is 10.9 Å². The van der Waals surface area contributed by atoms with Crippen LogP contribution in [0.5, 0.6) is 0 Å². The fraction of sp³-hybridized carbons (Fsp3) is 0.375. The van der Waals surface area contributed by atoms with Gasteiger partial charge in [0.15, 0.2) is 0 Å². The van der Waals surface area contributed by atoms with Crippen molar-refractivity contribution in [2.45, 2.75) is 19.3 Å². The Bertz CT molecular complexity index is 677. The van der Waals surface area contributed by atoms with Crippen LogP contribution in [-0.2, 0) is 16.0 Å². The first-order valence-corrected chi connectivity index (χ1v) is 7.22. The van der Waals surface area contributed by atoms with E-state index in [4.69, 9.17) is 5.11 Å². The molecule has 1 aromatic carbocycles. The zero-order valence-electron chi connectivity index (χ0n) is 11.6. The van der Waals surface area contributed by atoms with E-state index < -0.39 is 11.9 Å². The van der Waals surface area contributed by atoms with Crippen molar-refractivity contribution in [3.05, 3.63) is 36.0 Å². The summed E-state index contributed by atoms with van der Waals surface area (Å²) in [6, 6.07) is 8.14. The molecule has 0 radical (unpaired) electrons. The lowest BCUT2D eigenvalue weighted by molar-refractivity contribution is -0.140. The van der Waals surface area contributed by atoms with E-state index in [1.54, 1.807) is 0 Å². The molecule has 1 aliphatic rings. The molecule has 1 amide bonds. The Labute approximate surface area is 122 Å². The normalized spacial score (nSPS) is 20.4. The molecule has 3 rings (SSSR count). The molecule has 0 bridgehead atoms. The van der Waals surface area contributed by atoms with Crippen LogP contribution in [0.4, 0.5) is 0 Å². The molecule has 1 saturated carbocycles. The molecule has 1 aliphatic carbocycles. The highest BCUT2D eigenvalue weighted by Crippen LogP contribution is 2.38. The molecule has 1 heterocycles. The fourth-order valence-electron chi connectivity index (χ4n) is 2.72. The van der Waals surface area contributed by atoms with Gasteiger partial charge in [0.2, 0.25) is 5.91 Å². The van der Waals surface area contributed by atoms with Crippen LogP contribution in [-0.4, -0.2) is 28.5 Å². The number of carbonyl (C=O) groups excluding carboxylic acids is 1. The van der Waals surface area contributed by atoms with Crippen molar-refractivity contribution in [3.63, 3.8) is 0 Å². The second-order valence-corrected chi connectivity index (χ2v) is 5.54. The number of hydrogen-bond donors (Lipinski definition) is 3. The number of rotatable bonds is 6. The number of para-hydroxylation sites is 1. The Morgan fingerprint density at radius 3 is 2.86 bits per heavy atom. The molecule has 1 fully saturated rings. The summed E-state index contributed by atoms with van der Waals surface area (Å²) in [5, 5.41) is 12.8. The number of aryl methyl sites for hydroxylation is 1.